The number of fused-ring (bicyclic) bond motifs is 1. The van der Waals surface area contributed by atoms with E-state index < -0.39 is 5.97 Å². The number of thiophene rings is 1. The van der Waals surface area contributed by atoms with E-state index in [9.17, 15) is 9.59 Å². The van der Waals surface area contributed by atoms with Crippen LogP contribution in [0.2, 0.25) is 0 Å². The van der Waals surface area contributed by atoms with Crippen molar-refractivity contribution < 1.29 is 14.3 Å². The molecular formula is C19H14O3S. The van der Waals surface area contributed by atoms with Crippen molar-refractivity contribution in [2.75, 3.05) is 0 Å². The van der Waals surface area contributed by atoms with Crippen LogP contribution in [0.3, 0.4) is 0 Å². The average Bonchev–Trinajstić information content (AvgIpc) is 2.99. The molecule has 0 saturated heterocycles. The minimum absolute atomic E-state index is 0.188. The van der Waals surface area contributed by atoms with Gasteiger partial charge < -0.3 is 4.74 Å². The molecule has 0 fully saturated rings. The molecule has 0 aliphatic heterocycles. The van der Waals surface area contributed by atoms with Gasteiger partial charge in [0.05, 0.1) is 0 Å². The number of hydrogen-bond acceptors (Lipinski definition) is 4. The number of rotatable bonds is 4. The lowest BCUT2D eigenvalue weighted by Crippen LogP contribution is -2.03. The zero-order valence-corrected chi connectivity index (χ0v) is 13.3. The first-order valence-corrected chi connectivity index (χ1v) is 7.93. The van der Waals surface area contributed by atoms with Crippen LogP contribution in [0.4, 0.5) is 0 Å². The Morgan fingerprint density at radius 1 is 1.00 bits per heavy atom. The second-order valence-corrected chi connectivity index (χ2v) is 6.11. The lowest BCUT2D eigenvalue weighted by atomic mass is 10.1. The lowest BCUT2D eigenvalue weighted by molar-refractivity contribution is 0.0630. The van der Waals surface area contributed by atoms with Crippen LogP contribution in [0.15, 0.2) is 72.5 Å². The molecule has 0 unspecified atom stereocenters. The first-order chi connectivity index (χ1) is 11.1. The Hall–Kier alpha value is -2.72. The molecule has 0 bridgehead atoms. The van der Waals surface area contributed by atoms with Crippen molar-refractivity contribution in [1.82, 2.24) is 0 Å². The smallest absolute Gasteiger partial charge is 0.353 e. The Balaban J connectivity index is 1.74. The van der Waals surface area contributed by atoms with E-state index in [-0.39, 0.29) is 11.5 Å². The number of allylic oxidation sites excluding steroid dienone is 2. The monoisotopic (exact) mass is 322 g/mol. The van der Waals surface area contributed by atoms with Gasteiger partial charge in [0.1, 0.15) is 10.6 Å². The molecule has 1 aromatic heterocycles. The third-order valence-electron chi connectivity index (χ3n) is 3.27. The molecule has 0 atom stereocenters. The van der Waals surface area contributed by atoms with Crippen LogP contribution in [-0.2, 0) is 4.74 Å². The molecule has 0 N–H and O–H groups in total. The molecule has 23 heavy (non-hydrogen) atoms. The van der Waals surface area contributed by atoms with Crippen LogP contribution < -0.4 is 0 Å². The number of benzene rings is 2. The van der Waals surface area contributed by atoms with Crippen molar-refractivity contribution in [2.24, 2.45) is 0 Å². The Bertz CT molecular complexity index is 858. The zero-order valence-electron chi connectivity index (χ0n) is 12.5. The largest absolute Gasteiger partial charge is 0.427 e. The maximum atomic E-state index is 12.2. The molecule has 3 nitrogen and oxygen atoms in total. The van der Waals surface area contributed by atoms with Crippen LogP contribution >= 0.6 is 11.3 Å². The van der Waals surface area contributed by atoms with Crippen molar-refractivity contribution in [1.29, 1.82) is 0 Å². The topological polar surface area (TPSA) is 43.4 Å². The van der Waals surface area contributed by atoms with Gasteiger partial charge in [0.2, 0.25) is 0 Å². The molecule has 2 aromatic carbocycles. The molecular weight excluding hydrogens is 308 g/mol. The predicted molar refractivity (Wildman–Crippen MR) is 91.8 cm³/mol. The van der Waals surface area contributed by atoms with Gasteiger partial charge in [-0.1, -0.05) is 48.5 Å². The Morgan fingerprint density at radius 3 is 2.43 bits per heavy atom. The van der Waals surface area contributed by atoms with Crippen molar-refractivity contribution in [2.45, 2.75) is 6.92 Å². The fourth-order valence-corrected chi connectivity index (χ4v) is 3.12. The van der Waals surface area contributed by atoms with E-state index in [2.05, 4.69) is 0 Å². The third kappa shape index (κ3) is 3.55. The van der Waals surface area contributed by atoms with Crippen LogP contribution in [0, 0.1) is 0 Å². The Kier molecular flexibility index (Phi) is 4.35. The summed E-state index contributed by atoms with van der Waals surface area (Å²) >= 11 is 1.38. The molecule has 0 aliphatic rings. The summed E-state index contributed by atoms with van der Waals surface area (Å²) in [5.74, 6) is -0.352. The number of hydrogen-bond donors (Lipinski definition) is 0. The standard InChI is InChI=1S/C19H14O3S/c1-13(11-16(20)14-7-3-2-4-8-14)22-19(21)18-12-15-9-5-6-10-17(15)23-18/h2-12H,1H3/b13-11+. The van der Waals surface area contributed by atoms with E-state index in [0.29, 0.717) is 10.4 Å². The van der Waals surface area contributed by atoms with Crippen LogP contribution in [-0.4, -0.2) is 11.8 Å². The van der Waals surface area contributed by atoms with Crippen molar-refractivity contribution in [3.8, 4) is 0 Å². The van der Waals surface area contributed by atoms with E-state index in [0.717, 1.165) is 10.1 Å². The number of carbonyl (C=O) groups excluding carboxylic acids is 2. The van der Waals surface area contributed by atoms with E-state index in [1.165, 1.54) is 17.4 Å². The summed E-state index contributed by atoms with van der Waals surface area (Å²) in [5, 5.41) is 1.01. The number of esters is 1. The van der Waals surface area contributed by atoms with Gasteiger partial charge in [-0.2, -0.15) is 0 Å². The van der Waals surface area contributed by atoms with Gasteiger partial charge in [-0.25, -0.2) is 4.79 Å². The summed E-state index contributed by atoms with van der Waals surface area (Å²) in [4.78, 5) is 24.7. The summed E-state index contributed by atoms with van der Waals surface area (Å²) in [6, 6.07) is 18.4. The highest BCUT2D eigenvalue weighted by Gasteiger charge is 2.13. The quantitative estimate of drug-likeness (QED) is 0.299. The summed E-state index contributed by atoms with van der Waals surface area (Å²) in [6.45, 7) is 1.60. The zero-order chi connectivity index (χ0) is 16.2. The molecule has 3 aromatic rings. The Labute approximate surface area is 137 Å². The molecule has 0 radical (unpaired) electrons. The minimum Gasteiger partial charge on any atom is -0.427 e. The Morgan fingerprint density at radius 2 is 1.70 bits per heavy atom. The second-order valence-electron chi connectivity index (χ2n) is 5.02. The number of ketones is 1. The summed E-state index contributed by atoms with van der Waals surface area (Å²) in [5.41, 5.74) is 0.560. The fraction of sp³-hybridized carbons (Fsp3) is 0.0526. The highest BCUT2D eigenvalue weighted by Crippen LogP contribution is 2.26. The molecule has 114 valence electrons. The van der Waals surface area contributed by atoms with Gasteiger partial charge in [-0.15, -0.1) is 11.3 Å². The highest BCUT2D eigenvalue weighted by atomic mass is 32.1. The predicted octanol–water partition coefficient (Wildman–Crippen LogP) is 4.84. The van der Waals surface area contributed by atoms with Crippen molar-refractivity contribution >= 4 is 33.2 Å². The molecule has 1 heterocycles. The fourth-order valence-electron chi connectivity index (χ4n) is 2.18. The molecule has 0 amide bonds. The first-order valence-electron chi connectivity index (χ1n) is 7.12. The van der Waals surface area contributed by atoms with Crippen LogP contribution in [0.5, 0.6) is 0 Å². The summed E-state index contributed by atoms with van der Waals surface area (Å²) in [6.07, 6.45) is 1.33. The van der Waals surface area contributed by atoms with E-state index >= 15 is 0 Å². The van der Waals surface area contributed by atoms with Gasteiger partial charge in [-0.05, 0) is 24.4 Å². The molecule has 0 spiro atoms. The van der Waals surface area contributed by atoms with Crippen molar-refractivity contribution in [3.05, 3.63) is 82.9 Å². The maximum absolute atomic E-state index is 12.2. The normalized spacial score (nSPS) is 11.4. The second kappa shape index (κ2) is 6.58. The van der Waals surface area contributed by atoms with Gasteiger partial charge >= 0.3 is 5.97 Å². The molecule has 4 heteroatoms. The van der Waals surface area contributed by atoms with Crippen molar-refractivity contribution in [3.63, 3.8) is 0 Å². The average molecular weight is 322 g/mol. The highest BCUT2D eigenvalue weighted by molar-refractivity contribution is 7.20. The third-order valence-corrected chi connectivity index (χ3v) is 4.37. The lowest BCUT2D eigenvalue weighted by Gasteiger charge is -2.02. The van der Waals surface area contributed by atoms with Gasteiger partial charge in [0.15, 0.2) is 5.78 Å². The minimum atomic E-state index is -0.444. The van der Waals surface area contributed by atoms with Gasteiger partial charge in [-0.3, -0.25) is 4.79 Å². The van der Waals surface area contributed by atoms with Crippen LogP contribution in [0.1, 0.15) is 27.0 Å². The SMILES string of the molecule is C/C(=C\C(=O)c1ccccc1)OC(=O)c1cc2ccccc2s1. The first kappa shape index (κ1) is 15.2. The molecule has 0 aliphatic carbocycles. The van der Waals surface area contributed by atoms with Crippen LogP contribution in [0.25, 0.3) is 10.1 Å². The van der Waals surface area contributed by atoms with Gasteiger partial charge in [0, 0.05) is 16.3 Å². The summed E-state index contributed by atoms with van der Waals surface area (Å²) < 4.78 is 6.30. The maximum Gasteiger partial charge on any atom is 0.353 e. The number of carbonyl (C=O) groups is 2. The molecule has 3 rings (SSSR count). The van der Waals surface area contributed by atoms with E-state index in [1.807, 2.05) is 30.3 Å². The van der Waals surface area contributed by atoms with E-state index in [4.69, 9.17) is 4.74 Å². The van der Waals surface area contributed by atoms with Gasteiger partial charge in [0.25, 0.3) is 0 Å². The number of ether oxygens (including phenoxy) is 1. The van der Waals surface area contributed by atoms with E-state index in [1.54, 1.807) is 37.3 Å². The summed E-state index contributed by atoms with van der Waals surface area (Å²) in [7, 11) is 0. The molecule has 0 saturated carbocycles.